The molecule has 1 aromatic heterocycles. The van der Waals surface area contributed by atoms with Crippen LogP contribution in [0, 0.1) is 12.3 Å². The van der Waals surface area contributed by atoms with E-state index in [1.807, 2.05) is 0 Å². The Morgan fingerprint density at radius 2 is 2.17 bits per heavy atom. The number of halogens is 3. The van der Waals surface area contributed by atoms with Crippen molar-refractivity contribution in [1.29, 1.82) is 0 Å². The zero-order chi connectivity index (χ0) is 13.6. The number of hydrogen-bond donors (Lipinski definition) is 1. The van der Waals surface area contributed by atoms with Gasteiger partial charge in [-0.3, -0.25) is 0 Å². The fourth-order valence-electron chi connectivity index (χ4n) is 1.11. The summed E-state index contributed by atoms with van der Waals surface area (Å²) >= 11 is 0. The third kappa shape index (κ3) is 4.13. The molecule has 0 aliphatic heterocycles. The van der Waals surface area contributed by atoms with Gasteiger partial charge < -0.3 is 10.1 Å². The lowest BCUT2D eigenvalue weighted by molar-refractivity contribution is -0.145. The van der Waals surface area contributed by atoms with E-state index >= 15 is 0 Å². The third-order valence-electron chi connectivity index (χ3n) is 1.81. The lowest BCUT2D eigenvalue weighted by Crippen LogP contribution is -2.14. The summed E-state index contributed by atoms with van der Waals surface area (Å²) in [6.07, 6.45) is 0.692. The van der Waals surface area contributed by atoms with E-state index in [4.69, 9.17) is 11.2 Å². The number of ether oxygens (including phenoxy) is 1. The second-order valence-electron chi connectivity index (χ2n) is 3.25. The smallest absolute Gasteiger partial charge is 0.451 e. The number of rotatable bonds is 5. The molecule has 0 saturated heterocycles. The number of terminal acetylenes is 1. The quantitative estimate of drug-likeness (QED) is 0.651. The summed E-state index contributed by atoms with van der Waals surface area (Å²) in [7, 11) is 0. The maximum Gasteiger partial charge on any atom is 0.451 e. The Bertz CT molecular complexity index is 440. The number of hydrogen-bond acceptors (Lipinski definition) is 4. The van der Waals surface area contributed by atoms with E-state index in [2.05, 4.69) is 21.2 Å². The first-order valence-electron chi connectivity index (χ1n) is 5.23. The molecular formula is C11H12F3N3O. The second-order valence-corrected chi connectivity index (χ2v) is 3.25. The van der Waals surface area contributed by atoms with Crippen LogP contribution in [0.5, 0.6) is 5.88 Å². The average Bonchev–Trinajstić information content (AvgIpc) is 2.28. The van der Waals surface area contributed by atoms with Crippen molar-refractivity contribution >= 4 is 5.82 Å². The highest BCUT2D eigenvalue weighted by Gasteiger charge is 2.35. The molecule has 0 fully saturated rings. The largest absolute Gasteiger partial charge is 0.477 e. The van der Waals surface area contributed by atoms with E-state index in [0.717, 1.165) is 0 Å². The van der Waals surface area contributed by atoms with Crippen LogP contribution in [0.1, 0.15) is 19.2 Å². The zero-order valence-electron chi connectivity index (χ0n) is 9.71. The van der Waals surface area contributed by atoms with Crippen LogP contribution in [-0.4, -0.2) is 23.1 Å². The van der Waals surface area contributed by atoms with Crippen LogP contribution in [0.3, 0.4) is 0 Å². The molecule has 1 N–H and O–H groups in total. The Hall–Kier alpha value is -1.97. The van der Waals surface area contributed by atoms with Gasteiger partial charge in [0.1, 0.15) is 12.4 Å². The minimum absolute atomic E-state index is 0.0653. The lowest BCUT2D eigenvalue weighted by atomic mass is 10.4. The minimum atomic E-state index is -4.62. The number of alkyl halides is 3. The lowest BCUT2D eigenvalue weighted by Gasteiger charge is -2.11. The molecule has 4 nitrogen and oxygen atoms in total. The van der Waals surface area contributed by atoms with Gasteiger partial charge in [0.2, 0.25) is 11.7 Å². The van der Waals surface area contributed by atoms with Crippen molar-refractivity contribution in [1.82, 2.24) is 9.97 Å². The number of nitrogens with zero attached hydrogens (tertiary/aromatic N) is 2. The van der Waals surface area contributed by atoms with Crippen LogP contribution in [0.25, 0.3) is 0 Å². The highest BCUT2D eigenvalue weighted by Crippen LogP contribution is 2.28. The molecule has 0 amide bonds. The van der Waals surface area contributed by atoms with Gasteiger partial charge >= 0.3 is 6.18 Å². The van der Waals surface area contributed by atoms with Gasteiger partial charge in [-0.2, -0.15) is 18.2 Å². The van der Waals surface area contributed by atoms with Crippen LogP contribution >= 0.6 is 0 Å². The van der Waals surface area contributed by atoms with E-state index in [-0.39, 0.29) is 18.3 Å². The molecule has 0 saturated carbocycles. The molecule has 1 rings (SSSR count). The van der Waals surface area contributed by atoms with Gasteiger partial charge in [-0.05, 0) is 6.92 Å². The highest BCUT2D eigenvalue weighted by molar-refractivity contribution is 5.38. The van der Waals surface area contributed by atoms with Crippen molar-refractivity contribution < 1.29 is 17.9 Å². The van der Waals surface area contributed by atoms with Gasteiger partial charge in [0.25, 0.3) is 0 Å². The first-order valence-corrected chi connectivity index (χ1v) is 5.23. The summed E-state index contributed by atoms with van der Waals surface area (Å²) in [6, 6.07) is 1.30. The zero-order valence-corrected chi connectivity index (χ0v) is 9.71. The van der Waals surface area contributed by atoms with E-state index in [1.54, 1.807) is 6.92 Å². The van der Waals surface area contributed by atoms with Gasteiger partial charge in [-0.15, -0.1) is 12.3 Å². The SMILES string of the molecule is C#CCCOc1cc(NCC)nc(C(F)(F)F)n1. The fourth-order valence-corrected chi connectivity index (χ4v) is 1.11. The molecular weight excluding hydrogens is 247 g/mol. The first-order chi connectivity index (χ1) is 8.47. The average molecular weight is 259 g/mol. The van der Waals surface area contributed by atoms with E-state index in [0.29, 0.717) is 13.0 Å². The van der Waals surface area contributed by atoms with Gasteiger partial charge in [-0.25, -0.2) is 4.98 Å². The molecule has 0 aromatic carbocycles. The van der Waals surface area contributed by atoms with Crippen molar-refractivity contribution in [2.45, 2.75) is 19.5 Å². The molecule has 7 heteroatoms. The van der Waals surface area contributed by atoms with E-state index in [9.17, 15) is 13.2 Å². The summed E-state index contributed by atoms with van der Waals surface area (Å²) in [5, 5.41) is 2.68. The first kappa shape index (κ1) is 14.1. The van der Waals surface area contributed by atoms with Crippen LogP contribution in [0.2, 0.25) is 0 Å². The Labute approximate surface area is 103 Å². The van der Waals surface area contributed by atoms with Crippen LogP contribution in [0.4, 0.5) is 19.0 Å². The molecule has 18 heavy (non-hydrogen) atoms. The van der Waals surface area contributed by atoms with Crippen molar-refractivity contribution in [2.24, 2.45) is 0 Å². The van der Waals surface area contributed by atoms with Crippen molar-refractivity contribution in [3.05, 3.63) is 11.9 Å². The molecule has 0 spiro atoms. The van der Waals surface area contributed by atoms with Crippen LogP contribution < -0.4 is 10.1 Å². The number of anilines is 1. The molecule has 0 radical (unpaired) electrons. The fraction of sp³-hybridized carbons (Fsp3) is 0.455. The topological polar surface area (TPSA) is 47.0 Å². The van der Waals surface area contributed by atoms with Gasteiger partial charge in [0.15, 0.2) is 0 Å². The van der Waals surface area contributed by atoms with Gasteiger partial charge in [0, 0.05) is 19.0 Å². The van der Waals surface area contributed by atoms with Gasteiger partial charge in [-0.1, -0.05) is 0 Å². The molecule has 1 aromatic rings. The predicted octanol–water partition coefficient (Wildman–Crippen LogP) is 2.33. The summed E-state index contributed by atoms with van der Waals surface area (Å²) in [4.78, 5) is 6.65. The number of aromatic nitrogens is 2. The Kier molecular flexibility index (Phi) is 4.77. The van der Waals surface area contributed by atoms with Crippen LogP contribution in [-0.2, 0) is 6.18 Å². The Balaban J connectivity index is 2.95. The highest BCUT2D eigenvalue weighted by atomic mass is 19.4. The maximum atomic E-state index is 12.5. The van der Waals surface area contributed by atoms with Crippen LogP contribution in [0.15, 0.2) is 6.07 Å². The Morgan fingerprint density at radius 1 is 1.44 bits per heavy atom. The molecule has 0 aliphatic carbocycles. The van der Waals surface area contributed by atoms with E-state index < -0.39 is 12.0 Å². The van der Waals surface area contributed by atoms with Gasteiger partial charge in [0.05, 0.1) is 0 Å². The summed E-state index contributed by atoms with van der Waals surface area (Å²) in [5.41, 5.74) is 0. The summed E-state index contributed by atoms with van der Waals surface area (Å²) in [5.74, 6) is 0.993. The predicted molar refractivity (Wildman–Crippen MR) is 60.1 cm³/mol. The number of nitrogens with one attached hydrogen (secondary N) is 1. The monoisotopic (exact) mass is 259 g/mol. The van der Waals surface area contributed by atoms with Crippen molar-refractivity contribution in [2.75, 3.05) is 18.5 Å². The molecule has 0 unspecified atom stereocenters. The third-order valence-corrected chi connectivity index (χ3v) is 1.81. The molecule has 0 bridgehead atoms. The standard InChI is InChI=1S/C11H12F3N3O/c1-3-5-6-18-9-7-8(15-4-2)16-10(17-9)11(12,13)14/h1,7H,4-6H2,2H3,(H,15,16,17). The molecule has 0 atom stereocenters. The second kappa shape index (κ2) is 6.10. The Morgan fingerprint density at radius 3 is 2.72 bits per heavy atom. The van der Waals surface area contributed by atoms with E-state index in [1.165, 1.54) is 6.07 Å². The minimum Gasteiger partial charge on any atom is -0.477 e. The normalized spacial score (nSPS) is 10.8. The van der Waals surface area contributed by atoms with Crippen molar-refractivity contribution in [3.63, 3.8) is 0 Å². The molecule has 0 aliphatic rings. The summed E-state index contributed by atoms with van der Waals surface area (Å²) in [6.45, 7) is 2.29. The molecule has 1 heterocycles. The van der Waals surface area contributed by atoms with Crippen molar-refractivity contribution in [3.8, 4) is 18.2 Å². The molecule has 98 valence electrons. The maximum absolute atomic E-state index is 12.5. The summed E-state index contributed by atoms with van der Waals surface area (Å²) < 4.78 is 42.6.